The van der Waals surface area contributed by atoms with Crippen LogP contribution in [-0.4, -0.2) is 35.8 Å². The van der Waals surface area contributed by atoms with Gasteiger partial charge in [0.2, 0.25) is 5.91 Å². The van der Waals surface area contributed by atoms with Crippen molar-refractivity contribution in [1.29, 1.82) is 0 Å². The number of amides is 2. The number of nitrogens with one attached hydrogen (secondary N) is 2. The van der Waals surface area contributed by atoms with E-state index in [0.717, 1.165) is 38.9 Å². The van der Waals surface area contributed by atoms with E-state index in [0.29, 0.717) is 11.3 Å². The van der Waals surface area contributed by atoms with Gasteiger partial charge >= 0.3 is 0 Å². The van der Waals surface area contributed by atoms with Crippen LogP contribution in [0.1, 0.15) is 49.0 Å². The second-order valence-corrected chi connectivity index (χ2v) is 9.01. The van der Waals surface area contributed by atoms with E-state index < -0.39 is 0 Å². The molecule has 5 nitrogen and oxygen atoms in total. The number of piperidine rings is 1. The van der Waals surface area contributed by atoms with E-state index in [1.54, 1.807) is 12.1 Å². The highest BCUT2D eigenvalue weighted by Crippen LogP contribution is 2.25. The second-order valence-electron chi connectivity index (χ2n) is 9.01. The van der Waals surface area contributed by atoms with Crippen molar-refractivity contribution >= 4 is 28.3 Å². The van der Waals surface area contributed by atoms with E-state index >= 15 is 0 Å². The van der Waals surface area contributed by atoms with Crippen LogP contribution >= 0.6 is 0 Å². The van der Waals surface area contributed by atoms with Crippen LogP contribution in [0.4, 0.5) is 5.69 Å². The van der Waals surface area contributed by atoms with Gasteiger partial charge in [0.05, 0.1) is 11.3 Å². The first-order chi connectivity index (χ1) is 16.0. The van der Waals surface area contributed by atoms with Crippen LogP contribution in [-0.2, 0) is 11.3 Å². The molecule has 0 bridgehead atoms. The molecule has 3 aromatic carbocycles. The van der Waals surface area contributed by atoms with Gasteiger partial charge in [0.25, 0.3) is 5.91 Å². The summed E-state index contributed by atoms with van der Waals surface area (Å²) in [5, 5.41) is 8.57. The number of hydrogen-bond acceptors (Lipinski definition) is 3. The molecule has 1 fully saturated rings. The normalized spacial score (nSPS) is 15.8. The Kier molecular flexibility index (Phi) is 7.40. The molecule has 4 rings (SSSR count). The SMILES string of the molecule is CCC(C)NC(=O)c1ccccc1NC(=O)C1CCN(Cc2cccc3ccccc23)CC1. The van der Waals surface area contributed by atoms with E-state index in [2.05, 4.69) is 58.0 Å². The molecule has 5 heteroatoms. The van der Waals surface area contributed by atoms with Gasteiger partial charge in [0, 0.05) is 18.5 Å². The molecular weight excluding hydrogens is 410 g/mol. The number of anilines is 1. The predicted molar refractivity (Wildman–Crippen MR) is 134 cm³/mol. The molecule has 1 heterocycles. The Hall–Kier alpha value is -3.18. The third-order valence-electron chi connectivity index (χ3n) is 6.65. The maximum atomic E-state index is 13.0. The predicted octanol–water partition coefficient (Wildman–Crippen LogP) is 5.22. The minimum atomic E-state index is -0.148. The Labute approximate surface area is 196 Å². The fourth-order valence-electron chi connectivity index (χ4n) is 4.45. The van der Waals surface area contributed by atoms with Crippen molar-refractivity contribution in [2.45, 2.75) is 45.7 Å². The first-order valence-electron chi connectivity index (χ1n) is 11.9. The van der Waals surface area contributed by atoms with Crippen LogP contribution in [0.3, 0.4) is 0 Å². The molecule has 3 aromatic rings. The fraction of sp³-hybridized carbons (Fsp3) is 0.357. The topological polar surface area (TPSA) is 61.4 Å². The molecule has 0 saturated carbocycles. The Bertz CT molecular complexity index is 1110. The summed E-state index contributed by atoms with van der Waals surface area (Å²) < 4.78 is 0. The number of nitrogens with zero attached hydrogens (tertiary/aromatic N) is 1. The van der Waals surface area contributed by atoms with Crippen molar-refractivity contribution < 1.29 is 9.59 Å². The van der Waals surface area contributed by atoms with Crippen LogP contribution in [0, 0.1) is 5.92 Å². The van der Waals surface area contributed by atoms with Crippen molar-refractivity contribution in [3.63, 3.8) is 0 Å². The number of carbonyl (C=O) groups excluding carboxylic acids is 2. The number of likely N-dealkylation sites (tertiary alicyclic amines) is 1. The lowest BCUT2D eigenvalue weighted by Crippen LogP contribution is -2.38. The highest BCUT2D eigenvalue weighted by Gasteiger charge is 2.26. The number of hydrogen-bond donors (Lipinski definition) is 2. The maximum Gasteiger partial charge on any atom is 0.253 e. The van der Waals surface area contributed by atoms with Gasteiger partial charge in [-0.15, -0.1) is 0 Å². The summed E-state index contributed by atoms with van der Waals surface area (Å²) in [6, 6.07) is 22.3. The molecule has 1 aliphatic rings. The van der Waals surface area contributed by atoms with E-state index in [9.17, 15) is 9.59 Å². The standard InChI is InChI=1S/C28H33N3O2/c1-3-20(2)29-28(33)25-13-6-7-14-26(25)30-27(32)22-15-17-31(18-16-22)19-23-11-8-10-21-9-4-5-12-24(21)23/h4-14,20,22H,3,15-19H2,1-2H3,(H,29,33)(H,30,32). The molecule has 2 amide bonds. The van der Waals surface area contributed by atoms with Gasteiger partial charge in [0.15, 0.2) is 0 Å². The van der Waals surface area contributed by atoms with Gasteiger partial charge in [0.1, 0.15) is 0 Å². The Morgan fingerprint density at radius 3 is 2.45 bits per heavy atom. The van der Waals surface area contributed by atoms with Crippen molar-refractivity contribution in [2.75, 3.05) is 18.4 Å². The molecule has 1 unspecified atom stereocenters. The molecular formula is C28H33N3O2. The fourth-order valence-corrected chi connectivity index (χ4v) is 4.45. The zero-order chi connectivity index (χ0) is 23.2. The van der Waals surface area contributed by atoms with Crippen LogP contribution in [0.2, 0.25) is 0 Å². The van der Waals surface area contributed by atoms with Crippen molar-refractivity contribution in [3.8, 4) is 0 Å². The van der Waals surface area contributed by atoms with Crippen LogP contribution in [0.25, 0.3) is 10.8 Å². The molecule has 0 radical (unpaired) electrons. The lowest BCUT2D eigenvalue weighted by molar-refractivity contribution is -0.121. The van der Waals surface area contributed by atoms with Crippen LogP contribution in [0.15, 0.2) is 66.7 Å². The Morgan fingerprint density at radius 2 is 1.67 bits per heavy atom. The quantitative estimate of drug-likeness (QED) is 0.526. The smallest absolute Gasteiger partial charge is 0.253 e. The zero-order valence-electron chi connectivity index (χ0n) is 19.5. The Morgan fingerprint density at radius 1 is 0.970 bits per heavy atom. The summed E-state index contributed by atoms with van der Waals surface area (Å²) in [7, 11) is 0. The summed E-state index contributed by atoms with van der Waals surface area (Å²) >= 11 is 0. The molecule has 0 aromatic heterocycles. The summed E-state index contributed by atoms with van der Waals surface area (Å²) in [5.74, 6) is -0.187. The van der Waals surface area contributed by atoms with Gasteiger partial charge in [-0.25, -0.2) is 0 Å². The van der Waals surface area contributed by atoms with E-state index in [4.69, 9.17) is 0 Å². The van der Waals surface area contributed by atoms with E-state index in [-0.39, 0.29) is 23.8 Å². The molecule has 0 aliphatic carbocycles. The molecule has 1 atom stereocenters. The van der Waals surface area contributed by atoms with Gasteiger partial charge in [-0.05, 0) is 67.7 Å². The molecule has 1 aliphatic heterocycles. The zero-order valence-corrected chi connectivity index (χ0v) is 19.5. The largest absolute Gasteiger partial charge is 0.350 e. The lowest BCUT2D eigenvalue weighted by atomic mass is 9.94. The molecule has 2 N–H and O–H groups in total. The number of carbonyl (C=O) groups is 2. The number of benzene rings is 3. The number of rotatable bonds is 7. The van der Waals surface area contributed by atoms with Crippen LogP contribution < -0.4 is 10.6 Å². The summed E-state index contributed by atoms with van der Waals surface area (Å²) in [6.07, 6.45) is 2.49. The lowest BCUT2D eigenvalue weighted by Gasteiger charge is -2.31. The molecule has 33 heavy (non-hydrogen) atoms. The van der Waals surface area contributed by atoms with Crippen molar-refractivity contribution in [1.82, 2.24) is 10.2 Å². The van der Waals surface area contributed by atoms with Gasteiger partial charge in [-0.2, -0.15) is 0 Å². The first-order valence-corrected chi connectivity index (χ1v) is 11.9. The third-order valence-corrected chi connectivity index (χ3v) is 6.65. The van der Waals surface area contributed by atoms with E-state index in [1.807, 2.05) is 26.0 Å². The minimum Gasteiger partial charge on any atom is -0.350 e. The third kappa shape index (κ3) is 5.60. The maximum absolute atomic E-state index is 13.0. The average molecular weight is 444 g/mol. The monoisotopic (exact) mass is 443 g/mol. The minimum absolute atomic E-state index is 0.00333. The van der Waals surface area contributed by atoms with Crippen LogP contribution in [0.5, 0.6) is 0 Å². The molecule has 1 saturated heterocycles. The summed E-state index contributed by atoms with van der Waals surface area (Å²) in [4.78, 5) is 28.1. The molecule has 172 valence electrons. The number of fused-ring (bicyclic) bond motifs is 1. The average Bonchev–Trinajstić information content (AvgIpc) is 2.85. The number of para-hydroxylation sites is 1. The first kappa shape index (κ1) is 23.0. The summed E-state index contributed by atoms with van der Waals surface area (Å²) in [6.45, 7) is 6.68. The molecule has 0 spiro atoms. The highest BCUT2D eigenvalue weighted by molar-refractivity contribution is 6.04. The second kappa shape index (κ2) is 10.6. The highest BCUT2D eigenvalue weighted by atomic mass is 16.2. The van der Waals surface area contributed by atoms with Crippen molar-refractivity contribution in [2.24, 2.45) is 5.92 Å². The van der Waals surface area contributed by atoms with Gasteiger partial charge in [-0.1, -0.05) is 61.5 Å². The Balaban J connectivity index is 1.35. The van der Waals surface area contributed by atoms with Crippen molar-refractivity contribution in [3.05, 3.63) is 77.9 Å². The van der Waals surface area contributed by atoms with Gasteiger partial charge < -0.3 is 10.6 Å². The summed E-state index contributed by atoms with van der Waals surface area (Å²) in [5.41, 5.74) is 2.43. The van der Waals surface area contributed by atoms with Gasteiger partial charge in [-0.3, -0.25) is 14.5 Å². The van der Waals surface area contributed by atoms with E-state index in [1.165, 1.54) is 16.3 Å².